The second kappa shape index (κ2) is 5.79. The molecule has 0 saturated carbocycles. The summed E-state index contributed by atoms with van der Waals surface area (Å²) in [5.41, 5.74) is 0. The van der Waals surface area contributed by atoms with Crippen LogP contribution in [0.5, 0.6) is 0 Å². The topological polar surface area (TPSA) is 86.7 Å². The van der Waals surface area contributed by atoms with Crippen LogP contribution in [0.3, 0.4) is 0 Å². The van der Waals surface area contributed by atoms with Gasteiger partial charge in [0.15, 0.2) is 0 Å². The minimum Gasteiger partial charge on any atom is -0.394 e. The number of piperidine rings is 1. The molecule has 1 fully saturated rings. The van der Waals surface area contributed by atoms with Gasteiger partial charge in [0.1, 0.15) is 6.04 Å². The number of carbonyl (C=O) groups excluding carboxylic acids is 1. The first-order valence-electron chi connectivity index (χ1n) is 5.74. The highest BCUT2D eigenvalue weighted by Crippen LogP contribution is 2.19. The molecule has 1 heterocycles. The Morgan fingerprint density at radius 3 is 2.71 bits per heavy atom. The van der Waals surface area contributed by atoms with E-state index in [4.69, 9.17) is 5.11 Å². The average Bonchev–Trinajstić information content (AvgIpc) is 2.27. The molecule has 1 aliphatic heterocycles. The van der Waals surface area contributed by atoms with Crippen LogP contribution in [0.1, 0.15) is 26.2 Å². The molecular weight excluding hydrogens is 244 g/mol. The summed E-state index contributed by atoms with van der Waals surface area (Å²) in [4.78, 5) is 11.9. The van der Waals surface area contributed by atoms with Gasteiger partial charge in [-0.25, -0.2) is 8.42 Å². The van der Waals surface area contributed by atoms with Crippen molar-refractivity contribution in [2.45, 2.75) is 38.3 Å². The molecule has 17 heavy (non-hydrogen) atoms. The van der Waals surface area contributed by atoms with Crippen LogP contribution >= 0.6 is 0 Å². The van der Waals surface area contributed by atoms with E-state index in [1.54, 1.807) is 6.92 Å². The molecule has 0 aromatic carbocycles. The van der Waals surface area contributed by atoms with Gasteiger partial charge in [-0.2, -0.15) is 4.31 Å². The first-order chi connectivity index (χ1) is 7.86. The van der Waals surface area contributed by atoms with Gasteiger partial charge in [0, 0.05) is 12.6 Å². The zero-order valence-corrected chi connectivity index (χ0v) is 11.0. The SMILES string of the molecule is CC(CO)NC(=O)C1CCCCN1S(C)(=O)=O. The van der Waals surface area contributed by atoms with Crippen LogP contribution in [0.25, 0.3) is 0 Å². The van der Waals surface area contributed by atoms with Gasteiger partial charge in [0.2, 0.25) is 15.9 Å². The summed E-state index contributed by atoms with van der Waals surface area (Å²) in [7, 11) is -3.35. The molecule has 6 nitrogen and oxygen atoms in total. The predicted octanol–water partition coefficient (Wildman–Crippen LogP) is -0.702. The molecule has 0 aromatic rings. The van der Waals surface area contributed by atoms with Crippen molar-refractivity contribution in [2.24, 2.45) is 0 Å². The van der Waals surface area contributed by atoms with Gasteiger partial charge in [-0.3, -0.25) is 4.79 Å². The molecule has 1 aliphatic rings. The fraction of sp³-hybridized carbons (Fsp3) is 0.900. The first-order valence-corrected chi connectivity index (χ1v) is 7.59. The van der Waals surface area contributed by atoms with E-state index >= 15 is 0 Å². The highest BCUT2D eigenvalue weighted by atomic mass is 32.2. The Morgan fingerprint density at radius 2 is 2.18 bits per heavy atom. The number of aliphatic hydroxyl groups excluding tert-OH is 1. The summed E-state index contributed by atoms with van der Waals surface area (Å²) in [6.07, 6.45) is 3.29. The third-order valence-electron chi connectivity index (χ3n) is 2.84. The minimum atomic E-state index is -3.35. The highest BCUT2D eigenvalue weighted by molar-refractivity contribution is 7.88. The van der Waals surface area contributed by atoms with Gasteiger partial charge < -0.3 is 10.4 Å². The molecular formula is C10H20N2O4S. The molecule has 1 amide bonds. The smallest absolute Gasteiger partial charge is 0.238 e. The van der Waals surface area contributed by atoms with Crippen LogP contribution in [0.4, 0.5) is 0 Å². The lowest BCUT2D eigenvalue weighted by Crippen LogP contribution is -2.53. The van der Waals surface area contributed by atoms with Crippen molar-refractivity contribution < 1.29 is 18.3 Å². The van der Waals surface area contributed by atoms with Gasteiger partial charge in [-0.1, -0.05) is 6.42 Å². The van der Waals surface area contributed by atoms with Gasteiger partial charge in [0.25, 0.3) is 0 Å². The van der Waals surface area contributed by atoms with E-state index in [2.05, 4.69) is 5.32 Å². The van der Waals surface area contributed by atoms with Crippen molar-refractivity contribution in [2.75, 3.05) is 19.4 Å². The van der Waals surface area contributed by atoms with Gasteiger partial charge in [0.05, 0.1) is 12.9 Å². The average molecular weight is 264 g/mol. The number of amides is 1. The molecule has 2 N–H and O–H groups in total. The Bertz CT molecular complexity index is 369. The van der Waals surface area contributed by atoms with Gasteiger partial charge in [-0.05, 0) is 19.8 Å². The quantitative estimate of drug-likeness (QED) is 0.703. The molecule has 7 heteroatoms. The Kier molecular flexibility index (Phi) is 4.91. The van der Waals surface area contributed by atoms with Gasteiger partial charge >= 0.3 is 0 Å². The molecule has 100 valence electrons. The lowest BCUT2D eigenvalue weighted by molar-refractivity contribution is -0.126. The summed E-state index contributed by atoms with van der Waals surface area (Å²) >= 11 is 0. The Labute approximate surface area is 102 Å². The maximum atomic E-state index is 11.9. The van der Waals surface area contributed by atoms with Crippen LogP contribution in [-0.2, 0) is 14.8 Å². The van der Waals surface area contributed by atoms with Crippen molar-refractivity contribution in [1.82, 2.24) is 9.62 Å². The van der Waals surface area contributed by atoms with Crippen LogP contribution in [0.2, 0.25) is 0 Å². The Balaban J connectivity index is 2.75. The van der Waals surface area contributed by atoms with Crippen molar-refractivity contribution >= 4 is 15.9 Å². The fourth-order valence-corrected chi connectivity index (χ4v) is 3.07. The minimum absolute atomic E-state index is 0.155. The van der Waals surface area contributed by atoms with E-state index in [-0.39, 0.29) is 18.6 Å². The number of sulfonamides is 1. The molecule has 2 atom stereocenters. The largest absolute Gasteiger partial charge is 0.394 e. The van der Waals surface area contributed by atoms with E-state index in [1.165, 1.54) is 4.31 Å². The maximum Gasteiger partial charge on any atom is 0.238 e. The summed E-state index contributed by atoms with van der Waals surface area (Å²) in [6, 6.07) is -0.987. The maximum absolute atomic E-state index is 11.9. The standard InChI is InChI=1S/C10H20N2O4S/c1-8(7-13)11-10(14)9-5-3-4-6-12(9)17(2,15)16/h8-9,13H,3-7H2,1-2H3,(H,11,14). The van der Waals surface area contributed by atoms with Crippen molar-refractivity contribution in [3.05, 3.63) is 0 Å². The predicted molar refractivity (Wildman–Crippen MR) is 63.9 cm³/mol. The number of nitrogens with one attached hydrogen (secondary N) is 1. The van der Waals surface area contributed by atoms with Crippen LogP contribution < -0.4 is 5.32 Å². The number of aliphatic hydroxyl groups is 1. The molecule has 0 bridgehead atoms. The fourth-order valence-electron chi connectivity index (χ4n) is 1.95. The second-order valence-electron chi connectivity index (χ2n) is 4.48. The van der Waals surface area contributed by atoms with E-state index in [9.17, 15) is 13.2 Å². The van der Waals surface area contributed by atoms with E-state index in [1.807, 2.05) is 0 Å². The third-order valence-corrected chi connectivity index (χ3v) is 4.13. The van der Waals surface area contributed by atoms with E-state index in [0.717, 1.165) is 19.1 Å². The van der Waals surface area contributed by atoms with E-state index in [0.29, 0.717) is 13.0 Å². The van der Waals surface area contributed by atoms with Crippen LogP contribution in [0, 0.1) is 0 Å². The van der Waals surface area contributed by atoms with Gasteiger partial charge in [-0.15, -0.1) is 0 Å². The van der Waals surface area contributed by atoms with Crippen LogP contribution in [-0.4, -0.2) is 55.2 Å². The Morgan fingerprint density at radius 1 is 1.53 bits per heavy atom. The summed E-state index contributed by atoms with van der Waals surface area (Å²) < 4.78 is 24.4. The number of nitrogens with zero attached hydrogens (tertiary/aromatic N) is 1. The number of hydrogen-bond donors (Lipinski definition) is 2. The lowest BCUT2D eigenvalue weighted by Gasteiger charge is -2.33. The number of rotatable bonds is 4. The molecule has 2 unspecified atom stereocenters. The zero-order chi connectivity index (χ0) is 13.1. The van der Waals surface area contributed by atoms with Crippen molar-refractivity contribution in [3.63, 3.8) is 0 Å². The summed E-state index contributed by atoms with van der Waals surface area (Å²) in [6.45, 7) is 1.91. The lowest BCUT2D eigenvalue weighted by atomic mass is 10.0. The second-order valence-corrected chi connectivity index (χ2v) is 6.41. The number of carbonyl (C=O) groups is 1. The molecule has 0 radical (unpaired) electrons. The van der Waals surface area contributed by atoms with Crippen molar-refractivity contribution in [3.8, 4) is 0 Å². The number of hydrogen-bond acceptors (Lipinski definition) is 4. The van der Waals surface area contributed by atoms with Crippen molar-refractivity contribution in [1.29, 1.82) is 0 Å². The highest BCUT2D eigenvalue weighted by Gasteiger charge is 2.34. The molecule has 1 rings (SSSR count). The first kappa shape index (κ1) is 14.4. The molecule has 0 aliphatic carbocycles. The zero-order valence-electron chi connectivity index (χ0n) is 10.2. The normalized spacial score (nSPS) is 24.3. The summed E-state index contributed by atoms with van der Waals surface area (Å²) in [5, 5.41) is 11.5. The summed E-state index contributed by atoms with van der Waals surface area (Å²) in [5.74, 6) is -0.323. The molecule has 1 saturated heterocycles. The van der Waals surface area contributed by atoms with E-state index < -0.39 is 16.1 Å². The monoisotopic (exact) mass is 264 g/mol. The molecule has 0 spiro atoms. The van der Waals surface area contributed by atoms with Crippen LogP contribution in [0.15, 0.2) is 0 Å². The Hall–Kier alpha value is -0.660. The molecule has 0 aromatic heterocycles. The third kappa shape index (κ3) is 3.93.